The normalized spacial score (nSPS) is 28.9. The highest BCUT2D eigenvalue weighted by Gasteiger charge is 2.58. The smallest absolute Gasteiger partial charge is 0.224 e. The van der Waals surface area contributed by atoms with Gasteiger partial charge in [0.15, 0.2) is 0 Å². The summed E-state index contributed by atoms with van der Waals surface area (Å²) >= 11 is 0. The van der Waals surface area contributed by atoms with Gasteiger partial charge in [0.25, 0.3) is 0 Å². The van der Waals surface area contributed by atoms with Gasteiger partial charge in [0, 0.05) is 24.2 Å². The molecule has 0 spiro atoms. The number of ether oxygens (including phenoxy) is 2. The van der Waals surface area contributed by atoms with E-state index >= 15 is 0 Å². The maximum Gasteiger partial charge on any atom is 0.224 e. The van der Waals surface area contributed by atoms with Crippen LogP contribution in [0.2, 0.25) is 0 Å². The van der Waals surface area contributed by atoms with Crippen molar-refractivity contribution in [3.05, 3.63) is 48.5 Å². The third-order valence-electron chi connectivity index (χ3n) is 8.12. The van der Waals surface area contributed by atoms with Crippen molar-refractivity contribution in [2.45, 2.75) is 51.4 Å². The van der Waals surface area contributed by atoms with Crippen molar-refractivity contribution in [3.63, 3.8) is 0 Å². The van der Waals surface area contributed by atoms with E-state index in [0.29, 0.717) is 24.7 Å². The molecule has 4 saturated carbocycles. The molecule has 2 N–H and O–H groups in total. The number of nitrogens with one attached hydrogen (secondary N) is 2. The van der Waals surface area contributed by atoms with Gasteiger partial charge in [-0.25, -0.2) is 0 Å². The van der Waals surface area contributed by atoms with E-state index in [-0.39, 0.29) is 22.6 Å². The van der Waals surface area contributed by atoms with E-state index in [4.69, 9.17) is 9.47 Å². The zero-order valence-corrected chi connectivity index (χ0v) is 20.1. The zero-order valence-electron chi connectivity index (χ0n) is 20.1. The van der Waals surface area contributed by atoms with Crippen LogP contribution in [0.15, 0.2) is 48.5 Å². The van der Waals surface area contributed by atoms with E-state index in [1.54, 1.807) is 14.2 Å². The van der Waals surface area contributed by atoms with Gasteiger partial charge < -0.3 is 20.1 Å². The quantitative estimate of drug-likeness (QED) is 0.532. The average molecular weight is 463 g/mol. The Balaban J connectivity index is 1.24. The number of methoxy groups -OCH3 is 2. The molecule has 34 heavy (non-hydrogen) atoms. The maximum atomic E-state index is 13.0. The Bertz CT molecular complexity index is 952. The number of carbonyl (C=O) groups is 2. The topological polar surface area (TPSA) is 76.7 Å². The second-order valence-corrected chi connectivity index (χ2v) is 10.9. The summed E-state index contributed by atoms with van der Waals surface area (Å²) in [6, 6.07) is 14.9. The van der Waals surface area contributed by atoms with Crippen LogP contribution in [0.5, 0.6) is 11.5 Å². The van der Waals surface area contributed by atoms with Crippen LogP contribution >= 0.6 is 0 Å². The van der Waals surface area contributed by atoms with Crippen molar-refractivity contribution >= 4 is 23.2 Å². The van der Waals surface area contributed by atoms with Crippen LogP contribution in [0.25, 0.3) is 0 Å². The minimum absolute atomic E-state index is 0.0149. The Kier molecular flexibility index (Phi) is 6.00. The fourth-order valence-electron chi connectivity index (χ4n) is 7.50. The van der Waals surface area contributed by atoms with E-state index in [9.17, 15) is 9.59 Å². The summed E-state index contributed by atoms with van der Waals surface area (Å²) in [6.45, 7) is 0. The number of hydrogen-bond donors (Lipinski definition) is 2. The Morgan fingerprint density at radius 3 is 1.47 bits per heavy atom. The van der Waals surface area contributed by atoms with Gasteiger partial charge in [0.1, 0.15) is 11.5 Å². The largest absolute Gasteiger partial charge is 0.497 e. The highest BCUT2D eigenvalue weighted by Crippen LogP contribution is 2.67. The highest BCUT2D eigenvalue weighted by molar-refractivity contribution is 5.92. The molecule has 2 amide bonds. The van der Waals surface area contributed by atoms with Crippen LogP contribution in [0.4, 0.5) is 11.4 Å². The Morgan fingerprint density at radius 1 is 0.735 bits per heavy atom. The first kappa shape index (κ1) is 22.8. The van der Waals surface area contributed by atoms with Crippen LogP contribution in [0.3, 0.4) is 0 Å². The van der Waals surface area contributed by atoms with Crippen molar-refractivity contribution in [2.75, 3.05) is 24.9 Å². The lowest BCUT2D eigenvalue weighted by molar-refractivity contribution is -0.142. The molecule has 180 valence electrons. The molecule has 0 aliphatic heterocycles. The van der Waals surface area contributed by atoms with Crippen LogP contribution in [0.1, 0.15) is 51.4 Å². The van der Waals surface area contributed by atoms with Crippen molar-refractivity contribution in [1.82, 2.24) is 0 Å². The lowest BCUT2D eigenvalue weighted by atomic mass is 9.43. The minimum atomic E-state index is 0.0149. The average Bonchev–Trinajstić information content (AvgIpc) is 2.78. The predicted octanol–water partition coefficient (Wildman–Crippen LogP) is 5.65. The molecule has 4 bridgehead atoms. The first-order chi connectivity index (χ1) is 16.4. The Hall–Kier alpha value is -3.02. The van der Waals surface area contributed by atoms with Gasteiger partial charge in [0.2, 0.25) is 11.8 Å². The number of carbonyl (C=O) groups excluding carboxylic acids is 2. The predicted molar refractivity (Wildman–Crippen MR) is 132 cm³/mol. The first-order valence-electron chi connectivity index (χ1n) is 12.3. The van der Waals surface area contributed by atoms with Crippen LogP contribution in [-0.4, -0.2) is 26.0 Å². The van der Waals surface area contributed by atoms with Crippen molar-refractivity contribution in [1.29, 1.82) is 0 Å². The maximum absolute atomic E-state index is 13.0. The molecule has 6 heteroatoms. The van der Waals surface area contributed by atoms with E-state index in [2.05, 4.69) is 10.6 Å². The molecule has 0 unspecified atom stereocenters. The lowest BCUT2D eigenvalue weighted by Crippen LogP contribution is -2.53. The number of hydrogen-bond acceptors (Lipinski definition) is 4. The summed E-state index contributed by atoms with van der Waals surface area (Å²) in [5.74, 6) is 2.95. The summed E-state index contributed by atoms with van der Waals surface area (Å²) in [5.41, 5.74) is 1.62. The molecular weight excluding hydrogens is 428 g/mol. The zero-order chi connectivity index (χ0) is 23.8. The van der Waals surface area contributed by atoms with Gasteiger partial charge in [-0.05, 0) is 110 Å². The number of benzene rings is 2. The highest BCUT2D eigenvalue weighted by atomic mass is 16.5. The molecule has 0 aromatic heterocycles. The second-order valence-electron chi connectivity index (χ2n) is 10.9. The van der Waals surface area contributed by atoms with E-state index in [0.717, 1.165) is 55.0 Å². The van der Waals surface area contributed by atoms with Gasteiger partial charge in [-0.1, -0.05) is 0 Å². The molecule has 0 heterocycles. The molecular formula is C28H34N2O4. The monoisotopic (exact) mass is 462 g/mol. The van der Waals surface area contributed by atoms with E-state index < -0.39 is 0 Å². The third-order valence-corrected chi connectivity index (χ3v) is 8.12. The van der Waals surface area contributed by atoms with Gasteiger partial charge in [-0.2, -0.15) is 0 Å². The fourth-order valence-corrected chi connectivity index (χ4v) is 7.50. The molecule has 2 aromatic carbocycles. The third kappa shape index (κ3) is 4.77. The molecule has 2 aromatic rings. The van der Waals surface area contributed by atoms with Crippen molar-refractivity contribution < 1.29 is 19.1 Å². The first-order valence-corrected chi connectivity index (χ1v) is 12.3. The lowest BCUT2D eigenvalue weighted by Gasteiger charge is -2.62. The summed E-state index contributed by atoms with van der Waals surface area (Å²) in [4.78, 5) is 26.1. The van der Waals surface area contributed by atoms with Crippen molar-refractivity contribution in [3.8, 4) is 11.5 Å². The van der Waals surface area contributed by atoms with Gasteiger partial charge >= 0.3 is 0 Å². The summed E-state index contributed by atoms with van der Waals surface area (Å²) in [5, 5.41) is 6.16. The molecule has 6 nitrogen and oxygen atoms in total. The number of rotatable bonds is 8. The number of anilines is 2. The molecule has 0 atom stereocenters. The molecule has 6 rings (SSSR count). The van der Waals surface area contributed by atoms with Crippen LogP contribution in [0, 0.1) is 22.7 Å². The second kappa shape index (κ2) is 8.97. The SMILES string of the molecule is COc1ccc(NC(=O)CC23CC4CC(C2)CC(CC(=O)Nc2ccc(OC)cc2)(C4)C3)cc1. The number of amides is 2. The molecule has 4 fully saturated rings. The fraction of sp³-hybridized carbons (Fsp3) is 0.500. The van der Waals surface area contributed by atoms with Gasteiger partial charge in [-0.3, -0.25) is 9.59 Å². The van der Waals surface area contributed by atoms with Gasteiger partial charge in [-0.15, -0.1) is 0 Å². The standard InChI is InChI=1S/C28H34N2O4/c1-33-23-7-3-21(4-8-23)29-25(31)16-27-12-19-11-20(13-27)15-28(14-19,18-27)17-26(32)30-22-5-9-24(34-2)10-6-22/h3-10,19-20H,11-18H2,1-2H3,(H,29,31)(H,30,32). The molecule has 4 aliphatic rings. The Morgan fingerprint density at radius 2 is 1.12 bits per heavy atom. The van der Waals surface area contributed by atoms with Crippen LogP contribution in [-0.2, 0) is 9.59 Å². The summed E-state index contributed by atoms with van der Waals surface area (Å²) < 4.78 is 10.4. The molecule has 0 radical (unpaired) electrons. The summed E-state index contributed by atoms with van der Waals surface area (Å²) in [6.07, 6.45) is 7.75. The van der Waals surface area contributed by atoms with E-state index in [1.165, 1.54) is 6.42 Å². The minimum Gasteiger partial charge on any atom is -0.497 e. The molecule has 4 aliphatic carbocycles. The van der Waals surface area contributed by atoms with Crippen molar-refractivity contribution in [2.24, 2.45) is 22.7 Å². The molecule has 0 saturated heterocycles. The van der Waals surface area contributed by atoms with Crippen LogP contribution < -0.4 is 20.1 Å². The van der Waals surface area contributed by atoms with E-state index in [1.807, 2.05) is 48.5 Å². The summed E-state index contributed by atoms with van der Waals surface area (Å²) in [7, 11) is 3.27. The Labute approximate surface area is 201 Å². The van der Waals surface area contributed by atoms with Gasteiger partial charge in [0.05, 0.1) is 14.2 Å².